The average Bonchev–Trinajstić information content (AvgIpc) is 2.44. The summed E-state index contributed by atoms with van der Waals surface area (Å²) in [5, 5.41) is 4.15. The lowest BCUT2D eigenvalue weighted by Crippen LogP contribution is -2.11. The summed E-state index contributed by atoms with van der Waals surface area (Å²) in [6.07, 6.45) is 0.0344. The smallest absolute Gasteiger partial charge is 0.317 e. The first-order chi connectivity index (χ1) is 10.5. The van der Waals surface area contributed by atoms with Crippen LogP contribution in [0.2, 0.25) is 10.0 Å². The van der Waals surface area contributed by atoms with E-state index in [1.54, 1.807) is 42.5 Å². The zero-order chi connectivity index (χ0) is 16.1. The molecule has 0 saturated carbocycles. The Hall–Kier alpha value is -2.04. The second-order valence-corrected chi connectivity index (χ2v) is 5.38. The number of ether oxygens (including phenoxy) is 1. The van der Waals surface area contributed by atoms with Crippen LogP contribution in [0.5, 0.6) is 0 Å². The van der Waals surface area contributed by atoms with E-state index < -0.39 is 11.9 Å². The summed E-state index contributed by atoms with van der Waals surface area (Å²) < 4.78 is 4.48. The molecule has 2 aromatic rings. The predicted molar refractivity (Wildman–Crippen MR) is 86.7 cm³/mol. The van der Waals surface area contributed by atoms with Crippen molar-refractivity contribution in [2.24, 2.45) is 0 Å². The number of nitrogens with one attached hydrogen (secondary N) is 1. The van der Waals surface area contributed by atoms with Crippen LogP contribution in [0.1, 0.15) is 12.5 Å². The third-order valence-corrected chi connectivity index (χ3v) is 3.42. The second-order valence-electron chi connectivity index (χ2n) is 4.56. The zero-order valence-corrected chi connectivity index (χ0v) is 13.2. The summed E-state index contributed by atoms with van der Waals surface area (Å²) in [5.41, 5.74) is 2.13. The fourth-order valence-corrected chi connectivity index (χ4v) is 2.32. The van der Waals surface area contributed by atoms with Gasteiger partial charge in [-0.1, -0.05) is 41.4 Å². The van der Waals surface area contributed by atoms with Gasteiger partial charge < -0.3 is 10.1 Å². The highest BCUT2D eigenvalue weighted by atomic mass is 35.5. The summed E-state index contributed by atoms with van der Waals surface area (Å²) >= 11 is 12.2. The molecule has 0 amide bonds. The van der Waals surface area contributed by atoms with Gasteiger partial charge in [0, 0.05) is 12.6 Å². The molecule has 114 valence electrons. The molecule has 6 heteroatoms. The Kier molecular flexibility index (Phi) is 5.41. The monoisotopic (exact) mass is 337 g/mol. The highest BCUT2D eigenvalue weighted by Gasteiger charge is 2.08. The van der Waals surface area contributed by atoms with Crippen LogP contribution in [0.15, 0.2) is 42.5 Å². The van der Waals surface area contributed by atoms with E-state index in [9.17, 15) is 9.59 Å². The molecule has 1 N–H and O–H groups in total. The first kappa shape index (κ1) is 16.3. The van der Waals surface area contributed by atoms with Crippen LogP contribution < -0.4 is 5.32 Å². The van der Waals surface area contributed by atoms with Crippen molar-refractivity contribution in [1.82, 2.24) is 0 Å². The van der Waals surface area contributed by atoms with E-state index >= 15 is 0 Å². The summed E-state index contributed by atoms with van der Waals surface area (Å²) in [4.78, 5) is 22.1. The highest BCUT2D eigenvalue weighted by molar-refractivity contribution is 6.39. The van der Waals surface area contributed by atoms with Gasteiger partial charge in [0.05, 0.1) is 22.2 Å². The van der Waals surface area contributed by atoms with E-state index in [2.05, 4.69) is 10.1 Å². The number of para-hydroxylation sites is 1. The van der Waals surface area contributed by atoms with E-state index in [-0.39, 0.29) is 6.42 Å². The normalized spacial score (nSPS) is 10.1. The third-order valence-electron chi connectivity index (χ3n) is 2.79. The number of benzene rings is 2. The molecule has 0 aliphatic carbocycles. The summed E-state index contributed by atoms with van der Waals surface area (Å²) in [6.45, 7) is 1.19. The molecule has 2 rings (SSSR count). The number of hydrogen-bond acceptors (Lipinski definition) is 4. The summed E-state index contributed by atoms with van der Waals surface area (Å²) in [7, 11) is 0. The van der Waals surface area contributed by atoms with Gasteiger partial charge in [-0.3, -0.25) is 9.59 Å². The number of carbonyl (C=O) groups excluding carboxylic acids is 2. The van der Waals surface area contributed by atoms with Crippen LogP contribution >= 0.6 is 23.2 Å². The quantitative estimate of drug-likeness (QED) is 0.664. The molecule has 2 aromatic carbocycles. The molecule has 0 atom stereocenters. The van der Waals surface area contributed by atoms with Crippen molar-refractivity contribution in [3.05, 3.63) is 58.1 Å². The maximum Gasteiger partial charge on any atom is 0.317 e. The lowest BCUT2D eigenvalue weighted by atomic mass is 10.1. The van der Waals surface area contributed by atoms with Gasteiger partial charge in [-0.05, 0) is 29.8 Å². The van der Waals surface area contributed by atoms with Crippen LogP contribution in [0.25, 0.3) is 0 Å². The van der Waals surface area contributed by atoms with E-state index in [0.717, 1.165) is 11.3 Å². The van der Waals surface area contributed by atoms with Crippen LogP contribution in [0.4, 0.5) is 11.4 Å². The summed E-state index contributed by atoms with van der Waals surface area (Å²) in [5.74, 6) is -1.20. The Bertz CT molecular complexity index is 679. The van der Waals surface area contributed by atoms with Crippen LogP contribution in [-0.4, -0.2) is 11.9 Å². The maximum absolute atomic E-state index is 11.4. The van der Waals surface area contributed by atoms with Gasteiger partial charge in [0.1, 0.15) is 0 Å². The molecule has 0 bridgehead atoms. The Balaban J connectivity index is 2.06. The molecule has 0 fully saturated rings. The van der Waals surface area contributed by atoms with Gasteiger partial charge in [0.15, 0.2) is 0 Å². The SMILES string of the molecule is CC(=O)OC(=O)Cc1ccc(Nc2c(Cl)cccc2Cl)cc1. The number of anilines is 2. The van der Waals surface area contributed by atoms with Crippen LogP contribution in [0.3, 0.4) is 0 Å². The molecule has 0 heterocycles. The minimum atomic E-state index is -0.614. The number of carbonyl (C=O) groups is 2. The third kappa shape index (κ3) is 4.48. The first-order valence-electron chi connectivity index (χ1n) is 6.47. The van der Waals surface area contributed by atoms with E-state index in [1.807, 2.05) is 0 Å². The molecule has 0 aromatic heterocycles. The number of halogens is 2. The molecule has 4 nitrogen and oxygen atoms in total. The lowest BCUT2D eigenvalue weighted by Gasteiger charge is -2.10. The van der Waals surface area contributed by atoms with Gasteiger partial charge >= 0.3 is 11.9 Å². The second kappa shape index (κ2) is 7.29. The van der Waals surface area contributed by atoms with Gasteiger partial charge in [-0.2, -0.15) is 0 Å². The number of hydrogen-bond donors (Lipinski definition) is 1. The minimum Gasteiger partial charge on any atom is -0.393 e. The van der Waals surface area contributed by atoms with Gasteiger partial charge in [-0.15, -0.1) is 0 Å². The van der Waals surface area contributed by atoms with Crippen molar-refractivity contribution in [2.75, 3.05) is 5.32 Å². The van der Waals surface area contributed by atoms with E-state index in [4.69, 9.17) is 23.2 Å². The largest absolute Gasteiger partial charge is 0.393 e. The van der Waals surface area contributed by atoms with E-state index in [0.29, 0.717) is 15.7 Å². The lowest BCUT2D eigenvalue weighted by molar-refractivity contribution is -0.157. The minimum absolute atomic E-state index is 0.0344. The fraction of sp³-hybridized carbons (Fsp3) is 0.125. The van der Waals surface area contributed by atoms with Crippen molar-refractivity contribution < 1.29 is 14.3 Å². The molecular weight excluding hydrogens is 325 g/mol. The van der Waals surface area contributed by atoms with Crippen LogP contribution in [0, 0.1) is 0 Å². The molecular formula is C16H13Cl2NO3. The Labute approximate surface area is 138 Å². The van der Waals surface area contributed by atoms with Gasteiger partial charge in [-0.25, -0.2) is 0 Å². The van der Waals surface area contributed by atoms with Crippen molar-refractivity contribution in [2.45, 2.75) is 13.3 Å². The topological polar surface area (TPSA) is 55.4 Å². The highest BCUT2D eigenvalue weighted by Crippen LogP contribution is 2.32. The van der Waals surface area contributed by atoms with Crippen LogP contribution in [-0.2, 0) is 20.7 Å². The molecule has 0 radical (unpaired) electrons. The van der Waals surface area contributed by atoms with Gasteiger partial charge in [0.2, 0.25) is 0 Å². The molecule has 0 aliphatic rings. The molecule has 22 heavy (non-hydrogen) atoms. The van der Waals surface area contributed by atoms with Crippen molar-refractivity contribution >= 4 is 46.5 Å². The standard InChI is InChI=1S/C16H13Cl2NO3/c1-10(20)22-15(21)9-11-5-7-12(8-6-11)19-16-13(17)3-2-4-14(16)18/h2-8,19H,9H2,1H3. The van der Waals surface area contributed by atoms with Gasteiger partial charge in [0.25, 0.3) is 0 Å². The predicted octanol–water partition coefficient (Wildman–Crippen LogP) is 4.37. The van der Waals surface area contributed by atoms with Crippen molar-refractivity contribution in [3.8, 4) is 0 Å². The van der Waals surface area contributed by atoms with Crippen molar-refractivity contribution in [1.29, 1.82) is 0 Å². The van der Waals surface area contributed by atoms with E-state index in [1.165, 1.54) is 6.92 Å². The Morgan fingerprint density at radius 2 is 1.64 bits per heavy atom. The average molecular weight is 338 g/mol. The zero-order valence-electron chi connectivity index (χ0n) is 11.7. The Morgan fingerprint density at radius 1 is 1.05 bits per heavy atom. The maximum atomic E-state index is 11.4. The summed E-state index contributed by atoms with van der Waals surface area (Å²) in [6, 6.07) is 12.3. The molecule has 0 unspecified atom stereocenters. The molecule has 0 saturated heterocycles. The van der Waals surface area contributed by atoms with Crippen molar-refractivity contribution in [3.63, 3.8) is 0 Å². The first-order valence-corrected chi connectivity index (χ1v) is 7.22. The molecule has 0 aliphatic heterocycles. The molecule has 0 spiro atoms. The number of esters is 2. The number of rotatable bonds is 4. The fourth-order valence-electron chi connectivity index (χ4n) is 1.83. The Morgan fingerprint density at radius 3 is 2.18 bits per heavy atom.